The van der Waals surface area contributed by atoms with Crippen LogP contribution in [-0.4, -0.2) is 32.8 Å². The Morgan fingerprint density at radius 3 is 2.67 bits per heavy atom. The monoisotopic (exact) mass is 253 g/mol. The van der Waals surface area contributed by atoms with Crippen molar-refractivity contribution >= 4 is 11.9 Å². The average Bonchev–Trinajstić information content (AvgIpc) is 2.57. The zero-order chi connectivity index (χ0) is 13.7. The molecule has 6 heteroatoms. The van der Waals surface area contributed by atoms with E-state index in [-0.39, 0.29) is 18.4 Å². The zero-order valence-electron chi connectivity index (χ0n) is 10.9. The van der Waals surface area contributed by atoms with Crippen molar-refractivity contribution < 1.29 is 14.7 Å². The number of carbonyl (C=O) groups is 2. The van der Waals surface area contributed by atoms with Gasteiger partial charge < -0.3 is 10.4 Å². The number of rotatable bonds is 6. The molecular weight excluding hydrogens is 234 g/mol. The predicted molar refractivity (Wildman–Crippen MR) is 66.1 cm³/mol. The van der Waals surface area contributed by atoms with Gasteiger partial charge in [-0.2, -0.15) is 5.10 Å². The van der Waals surface area contributed by atoms with E-state index in [4.69, 9.17) is 5.11 Å². The third-order valence-corrected chi connectivity index (χ3v) is 2.92. The normalized spacial score (nSPS) is 12.2. The predicted octanol–water partition coefficient (Wildman–Crippen LogP) is 0.641. The summed E-state index contributed by atoms with van der Waals surface area (Å²) in [7, 11) is 1.85. The highest BCUT2D eigenvalue weighted by Crippen LogP contribution is 2.11. The number of carboxylic acid groups (broad SMARTS) is 1. The SMILES string of the molecule is CC(=O)NC(CCC(=O)O)Cc1cnn(C)c1C. The standard InChI is InChI=1S/C12H19N3O3/c1-8-10(7-13-15(8)3)6-11(14-9(2)16)4-5-12(17)18/h7,11H,4-6H2,1-3H3,(H,14,16)(H,17,18). The molecule has 2 N–H and O–H groups in total. The van der Waals surface area contributed by atoms with Crippen LogP contribution in [0.25, 0.3) is 0 Å². The van der Waals surface area contributed by atoms with Crippen LogP contribution in [0.5, 0.6) is 0 Å². The smallest absolute Gasteiger partial charge is 0.303 e. The van der Waals surface area contributed by atoms with Crippen molar-refractivity contribution in [1.29, 1.82) is 0 Å². The third kappa shape index (κ3) is 4.20. The Hall–Kier alpha value is -1.85. The summed E-state index contributed by atoms with van der Waals surface area (Å²) >= 11 is 0. The number of carboxylic acids is 1. The highest BCUT2D eigenvalue weighted by Gasteiger charge is 2.15. The van der Waals surface area contributed by atoms with Gasteiger partial charge in [-0.05, 0) is 25.3 Å². The highest BCUT2D eigenvalue weighted by molar-refractivity contribution is 5.73. The molecule has 6 nitrogen and oxygen atoms in total. The minimum Gasteiger partial charge on any atom is -0.481 e. The molecule has 1 unspecified atom stereocenters. The molecule has 1 aromatic heterocycles. The van der Waals surface area contributed by atoms with Crippen LogP contribution in [-0.2, 0) is 23.1 Å². The Labute approximate surface area is 106 Å². The van der Waals surface area contributed by atoms with Crippen molar-refractivity contribution in [2.24, 2.45) is 7.05 Å². The van der Waals surface area contributed by atoms with Gasteiger partial charge in [0.05, 0.1) is 6.20 Å². The van der Waals surface area contributed by atoms with Gasteiger partial charge in [0, 0.05) is 32.1 Å². The Kier molecular flexibility index (Phi) is 4.88. The molecule has 0 bridgehead atoms. The Balaban J connectivity index is 2.68. The summed E-state index contributed by atoms with van der Waals surface area (Å²) in [6.45, 7) is 3.38. The maximum atomic E-state index is 11.1. The highest BCUT2D eigenvalue weighted by atomic mass is 16.4. The first-order valence-corrected chi connectivity index (χ1v) is 5.86. The topological polar surface area (TPSA) is 84.2 Å². The molecule has 1 heterocycles. The van der Waals surface area contributed by atoms with E-state index in [9.17, 15) is 9.59 Å². The fourth-order valence-corrected chi connectivity index (χ4v) is 1.82. The van der Waals surface area contributed by atoms with Crippen LogP contribution in [0.2, 0.25) is 0 Å². The largest absolute Gasteiger partial charge is 0.481 e. The van der Waals surface area contributed by atoms with Crippen LogP contribution in [0.15, 0.2) is 6.20 Å². The molecule has 1 rings (SSSR count). The molecule has 0 aromatic carbocycles. The van der Waals surface area contributed by atoms with Gasteiger partial charge in [0.2, 0.25) is 5.91 Å². The van der Waals surface area contributed by atoms with E-state index in [1.165, 1.54) is 6.92 Å². The molecule has 1 amide bonds. The van der Waals surface area contributed by atoms with Crippen LogP contribution in [0.3, 0.4) is 0 Å². The Bertz CT molecular complexity index is 440. The Morgan fingerprint density at radius 1 is 1.56 bits per heavy atom. The molecule has 0 radical (unpaired) electrons. The number of nitrogens with one attached hydrogen (secondary N) is 1. The molecular formula is C12H19N3O3. The summed E-state index contributed by atoms with van der Waals surface area (Å²) in [6.07, 6.45) is 2.82. The van der Waals surface area contributed by atoms with Crippen LogP contribution in [0, 0.1) is 6.92 Å². The Morgan fingerprint density at radius 2 is 2.22 bits per heavy atom. The van der Waals surface area contributed by atoms with Crippen molar-refractivity contribution in [3.05, 3.63) is 17.5 Å². The zero-order valence-corrected chi connectivity index (χ0v) is 10.9. The fourth-order valence-electron chi connectivity index (χ4n) is 1.82. The first-order chi connectivity index (χ1) is 8.40. The number of aryl methyl sites for hydroxylation is 1. The van der Waals surface area contributed by atoms with Gasteiger partial charge in [0.1, 0.15) is 0 Å². The van der Waals surface area contributed by atoms with Crippen molar-refractivity contribution in [2.75, 3.05) is 0 Å². The molecule has 0 aliphatic rings. The summed E-state index contributed by atoms with van der Waals surface area (Å²) in [5.41, 5.74) is 2.06. The van der Waals surface area contributed by atoms with Gasteiger partial charge in [-0.3, -0.25) is 14.3 Å². The minimum atomic E-state index is -0.853. The van der Waals surface area contributed by atoms with Gasteiger partial charge in [-0.15, -0.1) is 0 Å². The fraction of sp³-hybridized carbons (Fsp3) is 0.583. The number of hydrogen-bond acceptors (Lipinski definition) is 3. The number of carbonyl (C=O) groups excluding carboxylic acids is 1. The first kappa shape index (κ1) is 14.2. The van der Waals surface area contributed by atoms with Gasteiger partial charge in [0.15, 0.2) is 0 Å². The number of aromatic nitrogens is 2. The second-order valence-electron chi connectivity index (χ2n) is 4.41. The van der Waals surface area contributed by atoms with E-state index < -0.39 is 5.97 Å². The minimum absolute atomic E-state index is 0.0459. The maximum Gasteiger partial charge on any atom is 0.303 e. The maximum absolute atomic E-state index is 11.1. The second-order valence-corrected chi connectivity index (χ2v) is 4.41. The number of amides is 1. The lowest BCUT2D eigenvalue weighted by atomic mass is 10.0. The van der Waals surface area contributed by atoms with E-state index in [2.05, 4.69) is 10.4 Å². The summed E-state index contributed by atoms with van der Waals surface area (Å²) in [4.78, 5) is 21.7. The van der Waals surface area contributed by atoms with Crippen LogP contribution < -0.4 is 5.32 Å². The van der Waals surface area contributed by atoms with Crippen molar-refractivity contribution in [2.45, 2.75) is 39.2 Å². The lowest BCUT2D eigenvalue weighted by molar-refractivity contribution is -0.137. The van der Waals surface area contributed by atoms with Crippen molar-refractivity contribution in [3.8, 4) is 0 Å². The van der Waals surface area contributed by atoms with E-state index in [0.29, 0.717) is 12.8 Å². The summed E-state index contributed by atoms with van der Waals surface area (Å²) < 4.78 is 1.76. The number of aliphatic carboxylic acids is 1. The van der Waals surface area contributed by atoms with Crippen LogP contribution in [0.4, 0.5) is 0 Å². The van der Waals surface area contributed by atoms with Gasteiger partial charge in [-0.1, -0.05) is 0 Å². The molecule has 0 fully saturated rings. The van der Waals surface area contributed by atoms with Gasteiger partial charge in [-0.25, -0.2) is 0 Å². The van der Waals surface area contributed by atoms with Crippen molar-refractivity contribution in [3.63, 3.8) is 0 Å². The van der Waals surface area contributed by atoms with Gasteiger partial charge in [0.25, 0.3) is 0 Å². The van der Waals surface area contributed by atoms with Gasteiger partial charge >= 0.3 is 5.97 Å². The first-order valence-electron chi connectivity index (χ1n) is 5.86. The third-order valence-electron chi connectivity index (χ3n) is 2.92. The second kappa shape index (κ2) is 6.18. The van der Waals surface area contributed by atoms with Crippen LogP contribution in [0.1, 0.15) is 31.0 Å². The van der Waals surface area contributed by atoms with Crippen LogP contribution >= 0.6 is 0 Å². The summed E-state index contributed by atoms with van der Waals surface area (Å²) in [5, 5.41) is 15.6. The summed E-state index contributed by atoms with van der Waals surface area (Å²) in [5.74, 6) is -1.000. The molecule has 1 aromatic rings. The quantitative estimate of drug-likeness (QED) is 0.779. The molecule has 0 aliphatic heterocycles. The molecule has 0 saturated carbocycles. The molecule has 0 aliphatic carbocycles. The lowest BCUT2D eigenvalue weighted by Crippen LogP contribution is -2.35. The van der Waals surface area contributed by atoms with E-state index in [0.717, 1.165) is 11.3 Å². The molecule has 1 atom stereocenters. The molecule has 100 valence electrons. The molecule has 18 heavy (non-hydrogen) atoms. The lowest BCUT2D eigenvalue weighted by Gasteiger charge is -2.16. The molecule has 0 saturated heterocycles. The number of hydrogen-bond donors (Lipinski definition) is 2. The van der Waals surface area contributed by atoms with E-state index in [1.54, 1.807) is 10.9 Å². The van der Waals surface area contributed by atoms with E-state index >= 15 is 0 Å². The summed E-state index contributed by atoms with van der Waals surface area (Å²) in [6, 6.07) is -0.165. The van der Waals surface area contributed by atoms with Crippen molar-refractivity contribution in [1.82, 2.24) is 15.1 Å². The van der Waals surface area contributed by atoms with E-state index in [1.807, 2.05) is 14.0 Å². The average molecular weight is 253 g/mol. The molecule has 0 spiro atoms. The number of nitrogens with zero attached hydrogens (tertiary/aromatic N) is 2.